The van der Waals surface area contributed by atoms with Crippen LogP contribution in [0.3, 0.4) is 0 Å². The number of benzene rings is 2. The highest BCUT2D eigenvalue weighted by Crippen LogP contribution is 2.29. The van der Waals surface area contributed by atoms with Crippen molar-refractivity contribution in [2.75, 3.05) is 18.5 Å². The lowest BCUT2D eigenvalue weighted by Crippen LogP contribution is -2.13. The summed E-state index contributed by atoms with van der Waals surface area (Å²) in [6, 6.07) is 16.7. The highest BCUT2D eigenvalue weighted by Gasteiger charge is 2.13. The average molecular weight is 379 g/mol. The smallest absolute Gasteiger partial charge is 0.257 e. The molecule has 1 heterocycles. The third-order valence-corrected chi connectivity index (χ3v) is 3.98. The van der Waals surface area contributed by atoms with E-state index in [9.17, 15) is 4.79 Å². The first-order valence-electron chi connectivity index (χ1n) is 9.53. The fraction of sp³-hybridized carbons (Fsp3) is 0.273. The van der Waals surface area contributed by atoms with Gasteiger partial charge in [0.1, 0.15) is 0 Å². The largest absolute Gasteiger partial charge is 0.490 e. The zero-order chi connectivity index (χ0) is 19.8. The van der Waals surface area contributed by atoms with Crippen LogP contribution in [0.15, 0.2) is 60.8 Å². The van der Waals surface area contributed by atoms with Gasteiger partial charge in [-0.1, -0.05) is 32.0 Å². The van der Waals surface area contributed by atoms with Crippen LogP contribution in [0.5, 0.6) is 11.5 Å². The van der Waals surface area contributed by atoms with E-state index in [0.717, 1.165) is 18.5 Å². The number of amides is 1. The molecule has 0 aliphatic carbocycles. The molecule has 3 aromatic rings. The minimum atomic E-state index is -0.248. The Morgan fingerprint density at radius 2 is 1.68 bits per heavy atom. The Hall–Kier alpha value is -3.28. The van der Waals surface area contributed by atoms with Crippen LogP contribution in [-0.2, 0) is 0 Å². The molecule has 0 fully saturated rings. The molecule has 6 nitrogen and oxygen atoms in total. The third kappa shape index (κ3) is 4.91. The molecule has 0 saturated carbocycles. The summed E-state index contributed by atoms with van der Waals surface area (Å²) in [4.78, 5) is 12.7. The maximum absolute atomic E-state index is 12.7. The van der Waals surface area contributed by atoms with Crippen molar-refractivity contribution < 1.29 is 14.3 Å². The minimum Gasteiger partial charge on any atom is -0.490 e. The van der Waals surface area contributed by atoms with Crippen molar-refractivity contribution in [3.63, 3.8) is 0 Å². The van der Waals surface area contributed by atoms with Crippen molar-refractivity contribution in [3.05, 3.63) is 66.4 Å². The van der Waals surface area contributed by atoms with Crippen molar-refractivity contribution in [1.82, 2.24) is 9.78 Å². The Labute approximate surface area is 165 Å². The average Bonchev–Trinajstić information content (AvgIpc) is 3.20. The van der Waals surface area contributed by atoms with E-state index in [2.05, 4.69) is 10.4 Å². The molecule has 1 amide bonds. The van der Waals surface area contributed by atoms with E-state index in [4.69, 9.17) is 9.47 Å². The standard InChI is InChI=1S/C22H25N3O3/c1-3-14-27-19-11-10-17(16-20(19)28-15-4-2)22(26)23-21-12-13-25(24-21)18-8-6-5-7-9-18/h5-13,16H,3-4,14-15H2,1-2H3,(H,23,24,26). The molecule has 2 aromatic carbocycles. The van der Waals surface area contributed by atoms with E-state index >= 15 is 0 Å². The summed E-state index contributed by atoms with van der Waals surface area (Å²) in [7, 11) is 0. The number of ether oxygens (including phenoxy) is 2. The van der Waals surface area contributed by atoms with Crippen molar-refractivity contribution >= 4 is 11.7 Å². The molecule has 0 spiro atoms. The molecule has 6 heteroatoms. The van der Waals surface area contributed by atoms with Gasteiger partial charge >= 0.3 is 0 Å². The number of anilines is 1. The van der Waals surface area contributed by atoms with Crippen molar-refractivity contribution in [1.29, 1.82) is 0 Å². The molecule has 3 rings (SSSR count). The summed E-state index contributed by atoms with van der Waals surface area (Å²) in [5.41, 5.74) is 1.42. The summed E-state index contributed by atoms with van der Waals surface area (Å²) >= 11 is 0. The molecule has 0 radical (unpaired) electrons. The second kappa shape index (κ2) is 9.60. The second-order valence-corrected chi connectivity index (χ2v) is 6.29. The zero-order valence-electron chi connectivity index (χ0n) is 16.2. The molecule has 1 aromatic heterocycles. The van der Waals surface area contributed by atoms with Crippen LogP contribution in [0.2, 0.25) is 0 Å². The predicted molar refractivity (Wildman–Crippen MR) is 110 cm³/mol. The Bertz CT molecular complexity index is 906. The molecular formula is C22H25N3O3. The molecule has 0 aliphatic heterocycles. The number of nitrogens with one attached hydrogen (secondary N) is 1. The van der Waals surface area contributed by atoms with Crippen molar-refractivity contribution in [3.8, 4) is 17.2 Å². The van der Waals surface area contributed by atoms with E-state index in [1.165, 1.54) is 0 Å². The normalized spacial score (nSPS) is 10.5. The highest BCUT2D eigenvalue weighted by molar-refractivity contribution is 6.04. The first kappa shape index (κ1) is 19.5. The molecule has 0 unspecified atom stereocenters. The maximum Gasteiger partial charge on any atom is 0.257 e. The molecule has 146 valence electrons. The highest BCUT2D eigenvalue weighted by atomic mass is 16.5. The molecule has 0 aliphatic rings. The van der Waals surface area contributed by atoms with Gasteiger partial charge in [0.25, 0.3) is 5.91 Å². The number of rotatable bonds is 9. The SMILES string of the molecule is CCCOc1ccc(C(=O)Nc2ccn(-c3ccccc3)n2)cc1OCCC. The first-order chi connectivity index (χ1) is 13.7. The van der Waals surface area contributed by atoms with E-state index < -0.39 is 0 Å². The molecule has 1 N–H and O–H groups in total. The van der Waals surface area contributed by atoms with Crippen LogP contribution >= 0.6 is 0 Å². The van der Waals surface area contributed by atoms with Crippen LogP contribution in [0.1, 0.15) is 37.0 Å². The van der Waals surface area contributed by atoms with Crippen LogP contribution < -0.4 is 14.8 Å². The lowest BCUT2D eigenvalue weighted by atomic mass is 10.2. The Morgan fingerprint density at radius 3 is 2.39 bits per heavy atom. The van der Waals surface area contributed by atoms with Gasteiger partial charge in [-0.2, -0.15) is 5.10 Å². The second-order valence-electron chi connectivity index (χ2n) is 6.29. The molecule has 0 bridgehead atoms. The quantitative estimate of drug-likeness (QED) is 0.585. The lowest BCUT2D eigenvalue weighted by Gasteiger charge is -2.13. The summed E-state index contributed by atoms with van der Waals surface area (Å²) < 4.78 is 13.2. The van der Waals surface area contributed by atoms with Gasteiger partial charge in [0.15, 0.2) is 17.3 Å². The van der Waals surface area contributed by atoms with Gasteiger partial charge in [0.2, 0.25) is 0 Å². The number of para-hydroxylation sites is 1. The number of hydrogen-bond acceptors (Lipinski definition) is 4. The minimum absolute atomic E-state index is 0.248. The topological polar surface area (TPSA) is 65.4 Å². The Balaban J connectivity index is 1.74. The Morgan fingerprint density at radius 1 is 0.964 bits per heavy atom. The molecular weight excluding hydrogens is 354 g/mol. The summed E-state index contributed by atoms with van der Waals surface area (Å²) in [5, 5.41) is 7.23. The molecule has 0 saturated heterocycles. The zero-order valence-corrected chi connectivity index (χ0v) is 16.2. The van der Waals surface area contributed by atoms with Gasteiger partial charge < -0.3 is 14.8 Å². The first-order valence-corrected chi connectivity index (χ1v) is 9.53. The Kier molecular flexibility index (Phi) is 6.68. The summed E-state index contributed by atoms with van der Waals surface area (Å²) in [5.74, 6) is 1.47. The van der Waals surface area contributed by atoms with Gasteiger partial charge in [0.05, 0.1) is 18.9 Å². The van der Waals surface area contributed by atoms with Gasteiger partial charge in [-0.3, -0.25) is 4.79 Å². The van der Waals surface area contributed by atoms with Crippen LogP contribution in [0, 0.1) is 0 Å². The van der Waals surface area contributed by atoms with E-state index in [0.29, 0.717) is 36.1 Å². The predicted octanol–water partition coefficient (Wildman–Crippen LogP) is 4.70. The monoisotopic (exact) mass is 379 g/mol. The van der Waals surface area contributed by atoms with E-state index in [-0.39, 0.29) is 5.91 Å². The number of hydrogen-bond donors (Lipinski definition) is 1. The van der Waals surface area contributed by atoms with Crippen LogP contribution in [0.4, 0.5) is 5.82 Å². The number of carbonyl (C=O) groups excluding carboxylic acids is 1. The van der Waals surface area contributed by atoms with E-state index in [1.54, 1.807) is 28.9 Å². The number of aromatic nitrogens is 2. The lowest BCUT2D eigenvalue weighted by molar-refractivity contribution is 0.102. The fourth-order valence-electron chi connectivity index (χ4n) is 2.61. The van der Waals surface area contributed by atoms with Gasteiger partial charge in [0, 0.05) is 17.8 Å². The van der Waals surface area contributed by atoms with Gasteiger partial charge in [-0.05, 0) is 43.2 Å². The number of nitrogens with zero attached hydrogens (tertiary/aromatic N) is 2. The summed E-state index contributed by atoms with van der Waals surface area (Å²) in [6.45, 7) is 5.25. The van der Waals surface area contributed by atoms with Crippen molar-refractivity contribution in [2.24, 2.45) is 0 Å². The number of carbonyl (C=O) groups is 1. The van der Waals surface area contributed by atoms with Gasteiger partial charge in [-0.25, -0.2) is 4.68 Å². The summed E-state index contributed by atoms with van der Waals surface area (Å²) in [6.07, 6.45) is 3.59. The van der Waals surface area contributed by atoms with Gasteiger partial charge in [-0.15, -0.1) is 0 Å². The maximum atomic E-state index is 12.7. The van der Waals surface area contributed by atoms with Crippen LogP contribution in [0.25, 0.3) is 5.69 Å². The molecule has 0 atom stereocenters. The van der Waals surface area contributed by atoms with E-state index in [1.807, 2.05) is 50.4 Å². The van der Waals surface area contributed by atoms with Crippen molar-refractivity contribution in [2.45, 2.75) is 26.7 Å². The molecule has 28 heavy (non-hydrogen) atoms. The van der Waals surface area contributed by atoms with Crippen LogP contribution in [-0.4, -0.2) is 28.9 Å². The fourth-order valence-corrected chi connectivity index (χ4v) is 2.61. The third-order valence-electron chi connectivity index (χ3n) is 3.98.